The Bertz CT molecular complexity index is 687. The summed E-state index contributed by atoms with van der Waals surface area (Å²) in [6.07, 6.45) is 1.63. The van der Waals surface area contributed by atoms with Crippen LogP contribution in [0.4, 0.5) is 4.39 Å². The van der Waals surface area contributed by atoms with Gasteiger partial charge in [0.2, 0.25) is 0 Å². The Morgan fingerprint density at radius 1 is 1.30 bits per heavy atom. The molecule has 0 aromatic heterocycles. The molecule has 2 N–H and O–H groups in total. The molecule has 0 amide bonds. The maximum atomic E-state index is 13.6. The smallest absolute Gasteiger partial charge is 0.186 e. The summed E-state index contributed by atoms with van der Waals surface area (Å²) in [5.74, 6) is 0.230. The lowest BCUT2D eigenvalue weighted by Crippen LogP contribution is -2.28. The maximum Gasteiger partial charge on any atom is 0.186 e. The van der Waals surface area contributed by atoms with Gasteiger partial charge in [0.15, 0.2) is 5.11 Å². The molecule has 23 heavy (non-hydrogen) atoms. The Morgan fingerprint density at radius 3 is 2.70 bits per heavy atom. The van der Waals surface area contributed by atoms with Gasteiger partial charge in [-0.15, -0.1) is 0 Å². The van der Waals surface area contributed by atoms with Gasteiger partial charge in [0.25, 0.3) is 0 Å². The number of benzene rings is 2. The zero-order chi connectivity index (χ0) is 16.7. The average Bonchev–Trinajstić information content (AvgIpc) is 2.55. The Morgan fingerprint density at radius 2 is 2.04 bits per heavy atom. The molecule has 0 atom stereocenters. The third kappa shape index (κ3) is 5.19. The molecular formula is C16H15ClFN3OS. The number of nitrogens with one attached hydrogen (secondary N) is 2. The summed E-state index contributed by atoms with van der Waals surface area (Å²) >= 11 is 10.9. The van der Waals surface area contributed by atoms with Crippen molar-refractivity contribution in [2.24, 2.45) is 5.10 Å². The predicted molar refractivity (Wildman–Crippen MR) is 94.6 cm³/mol. The fourth-order valence-corrected chi connectivity index (χ4v) is 1.97. The summed E-state index contributed by atoms with van der Waals surface area (Å²) in [7, 11) is 1.71. The second-order valence-electron chi connectivity index (χ2n) is 4.51. The Kier molecular flexibility index (Phi) is 6.31. The van der Waals surface area contributed by atoms with Crippen LogP contribution in [0.3, 0.4) is 0 Å². The normalized spacial score (nSPS) is 10.6. The lowest BCUT2D eigenvalue weighted by Gasteiger charge is -2.09. The Labute approximate surface area is 144 Å². The van der Waals surface area contributed by atoms with Gasteiger partial charge in [-0.25, -0.2) is 4.39 Å². The number of thiocarbonyl (C=S) groups is 1. The summed E-state index contributed by atoms with van der Waals surface area (Å²) < 4.78 is 19.2. The first-order valence-electron chi connectivity index (χ1n) is 6.76. The van der Waals surface area contributed by atoms with Gasteiger partial charge in [-0.1, -0.05) is 17.7 Å². The van der Waals surface area contributed by atoms with E-state index >= 15 is 0 Å². The number of halogens is 2. The summed E-state index contributed by atoms with van der Waals surface area (Å²) in [5, 5.41) is 7.50. The second-order valence-corrected chi connectivity index (χ2v) is 5.32. The number of rotatable bonds is 5. The van der Waals surface area contributed by atoms with Crippen molar-refractivity contribution in [3.63, 3.8) is 0 Å². The van der Waals surface area contributed by atoms with Crippen LogP contribution in [0.5, 0.6) is 5.75 Å². The highest BCUT2D eigenvalue weighted by atomic mass is 35.5. The van der Waals surface area contributed by atoms with E-state index in [4.69, 9.17) is 28.6 Å². The maximum absolute atomic E-state index is 13.6. The van der Waals surface area contributed by atoms with E-state index in [1.54, 1.807) is 37.5 Å². The van der Waals surface area contributed by atoms with Crippen LogP contribution in [0.2, 0.25) is 5.02 Å². The van der Waals surface area contributed by atoms with E-state index in [0.717, 1.165) is 5.56 Å². The first-order valence-corrected chi connectivity index (χ1v) is 7.55. The van der Waals surface area contributed by atoms with E-state index < -0.39 is 0 Å². The molecule has 0 aliphatic carbocycles. The molecule has 0 fully saturated rings. The van der Waals surface area contributed by atoms with Crippen LogP contribution in [-0.4, -0.2) is 18.4 Å². The minimum absolute atomic E-state index is 0.0664. The highest BCUT2D eigenvalue weighted by Crippen LogP contribution is 2.21. The lowest BCUT2D eigenvalue weighted by molar-refractivity contribution is 0.300. The van der Waals surface area contributed by atoms with Crippen molar-refractivity contribution >= 4 is 35.1 Å². The second kappa shape index (κ2) is 8.45. The molecule has 2 rings (SSSR count). The average molecular weight is 352 g/mol. The molecule has 0 saturated heterocycles. The highest BCUT2D eigenvalue weighted by Gasteiger charge is 2.07. The molecule has 0 spiro atoms. The van der Waals surface area contributed by atoms with Crippen LogP contribution >= 0.6 is 23.8 Å². The molecule has 0 aliphatic heterocycles. The van der Waals surface area contributed by atoms with Crippen LogP contribution < -0.4 is 15.5 Å². The van der Waals surface area contributed by atoms with Crippen molar-refractivity contribution in [1.29, 1.82) is 0 Å². The molecule has 0 radical (unpaired) electrons. The summed E-state index contributed by atoms with van der Waals surface area (Å²) in [4.78, 5) is 0. The lowest BCUT2D eigenvalue weighted by atomic mass is 10.2. The third-order valence-electron chi connectivity index (χ3n) is 2.93. The number of nitrogens with zero attached hydrogens (tertiary/aromatic N) is 1. The molecule has 0 aliphatic rings. The number of hydrogen-bond donors (Lipinski definition) is 2. The molecule has 0 saturated carbocycles. The van der Waals surface area contributed by atoms with Crippen molar-refractivity contribution in [1.82, 2.24) is 10.7 Å². The Hall–Kier alpha value is -2.18. The molecule has 7 heteroatoms. The van der Waals surface area contributed by atoms with Crippen LogP contribution in [0, 0.1) is 5.82 Å². The standard InChI is InChI=1S/C16H15ClFN3OS/c1-19-16(23)21-20-9-11-5-7-12(8-6-11)22-10-13-14(17)3-2-4-15(13)18/h2-9H,10H2,1H3,(H2,19,21,23)/b20-9+. The van der Waals surface area contributed by atoms with Gasteiger partial charge in [-0.05, 0) is 54.2 Å². The zero-order valence-corrected chi connectivity index (χ0v) is 13.9. The van der Waals surface area contributed by atoms with Gasteiger partial charge in [0, 0.05) is 12.6 Å². The van der Waals surface area contributed by atoms with Crippen LogP contribution in [0.15, 0.2) is 47.6 Å². The third-order valence-corrected chi connectivity index (χ3v) is 3.58. The van der Waals surface area contributed by atoms with Gasteiger partial charge in [-0.3, -0.25) is 5.43 Å². The van der Waals surface area contributed by atoms with E-state index in [9.17, 15) is 4.39 Å². The zero-order valence-electron chi connectivity index (χ0n) is 12.3. The molecule has 2 aromatic rings. The van der Waals surface area contributed by atoms with Gasteiger partial charge < -0.3 is 10.1 Å². The first-order chi connectivity index (χ1) is 11.1. The van der Waals surface area contributed by atoms with Gasteiger partial charge in [0.1, 0.15) is 18.2 Å². The van der Waals surface area contributed by atoms with Gasteiger partial charge in [-0.2, -0.15) is 5.10 Å². The summed E-state index contributed by atoms with van der Waals surface area (Å²) in [6.45, 7) is 0.0664. The molecule has 2 aromatic carbocycles. The van der Waals surface area contributed by atoms with Crippen molar-refractivity contribution in [2.45, 2.75) is 6.61 Å². The van der Waals surface area contributed by atoms with E-state index in [1.165, 1.54) is 6.07 Å². The van der Waals surface area contributed by atoms with E-state index in [0.29, 0.717) is 21.4 Å². The van der Waals surface area contributed by atoms with Gasteiger partial charge in [0.05, 0.1) is 11.2 Å². The minimum Gasteiger partial charge on any atom is -0.489 e. The topological polar surface area (TPSA) is 45.7 Å². The van der Waals surface area contributed by atoms with Gasteiger partial charge >= 0.3 is 0 Å². The number of ether oxygens (including phenoxy) is 1. The van der Waals surface area contributed by atoms with Crippen LogP contribution in [-0.2, 0) is 6.61 Å². The summed E-state index contributed by atoms with van der Waals surface area (Å²) in [6, 6.07) is 11.7. The van der Waals surface area contributed by atoms with Crippen molar-refractivity contribution in [3.8, 4) is 5.75 Å². The fourth-order valence-electron chi connectivity index (χ4n) is 1.70. The van der Waals surface area contributed by atoms with E-state index in [2.05, 4.69) is 15.8 Å². The molecule has 0 bridgehead atoms. The minimum atomic E-state index is -0.382. The monoisotopic (exact) mass is 351 g/mol. The van der Waals surface area contributed by atoms with Crippen molar-refractivity contribution < 1.29 is 9.13 Å². The van der Waals surface area contributed by atoms with Crippen LogP contribution in [0.25, 0.3) is 0 Å². The largest absolute Gasteiger partial charge is 0.489 e. The molecule has 120 valence electrons. The first kappa shape index (κ1) is 17.2. The molecular weight excluding hydrogens is 337 g/mol. The Balaban J connectivity index is 1.94. The van der Waals surface area contributed by atoms with E-state index in [1.807, 2.05) is 12.1 Å². The molecule has 0 unspecified atom stereocenters. The van der Waals surface area contributed by atoms with E-state index in [-0.39, 0.29) is 12.4 Å². The SMILES string of the molecule is CNC(=S)N/N=C/c1ccc(OCc2c(F)cccc2Cl)cc1. The summed E-state index contributed by atoms with van der Waals surface area (Å²) in [5.41, 5.74) is 3.86. The predicted octanol–water partition coefficient (Wildman–Crippen LogP) is 3.49. The van der Waals surface area contributed by atoms with Crippen LogP contribution in [0.1, 0.15) is 11.1 Å². The number of hydrogen-bond acceptors (Lipinski definition) is 3. The molecule has 0 heterocycles. The van der Waals surface area contributed by atoms with Crippen molar-refractivity contribution in [2.75, 3.05) is 7.05 Å². The van der Waals surface area contributed by atoms with Crippen molar-refractivity contribution in [3.05, 3.63) is 64.4 Å². The highest BCUT2D eigenvalue weighted by molar-refractivity contribution is 7.80. The fraction of sp³-hybridized carbons (Fsp3) is 0.125. The quantitative estimate of drug-likeness (QED) is 0.492. The molecule has 4 nitrogen and oxygen atoms in total. The number of hydrazone groups is 1.